The van der Waals surface area contributed by atoms with Crippen LogP contribution in [0.1, 0.15) is 16.8 Å². The Morgan fingerprint density at radius 3 is 3.06 bits per heavy atom. The standard InChI is InChI=1S/C10H12N4O2/c11-8-3-6(1-2-12-8)10(16)14-7-4-9(15)13-5-7/h1-3,7H,4-5H2,(H2,11,12)(H,13,15)(H,14,16). The summed E-state index contributed by atoms with van der Waals surface area (Å²) in [6, 6.07) is 2.93. The molecule has 0 saturated carbocycles. The van der Waals surface area contributed by atoms with Gasteiger partial charge in [-0.25, -0.2) is 4.98 Å². The SMILES string of the molecule is Nc1cc(C(=O)NC2CNC(=O)C2)ccn1. The molecule has 1 aliphatic rings. The van der Waals surface area contributed by atoms with Gasteiger partial charge in [-0.1, -0.05) is 0 Å². The number of carbonyl (C=O) groups is 2. The molecule has 0 spiro atoms. The number of nitrogens with one attached hydrogen (secondary N) is 2. The Hall–Kier alpha value is -2.11. The van der Waals surface area contributed by atoms with Gasteiger partial charge in [0, 0.05) is 24.7 Å². The summed E-state index contributed by atoms with van der Waals surface area (Å²) in [6.45, 7) is 0.477. The number of pyridine rings is 1. The van der Waals surface area contributed by atoms with Gasteiger partial charge < -0.3 is 16.4 Å². The highest BCUT2D eigenvalue weighted by Gasteiger charge is 2.23. The predicted octanol–water partition coefficient (Wildman–Crippen LogP) is -0.718. The van der Waals surface area contributed by atoms with E-state index in [1.807, 2.05) is 0 Å². The molecule has 1 saturated heterocycles. The van der Waals surface area contributed by atoms with Gasteiger partial charge in [0.2, 0.25) is 5.91 Å². The summed E-state index contributed by atoms with van der Waals surface area (Å²) in [6.07, 6.45) is 1.80. The molecule has 1 aromatic heterocycles. The van der Waals surface area contributed by atoms with E-state index in [1.54, 1.807) is 6.07 Å². The van der Waals surface area contributed by atoms with E-state index in [4.69, 9.17) is 5.73 Å². The largest absolute Gasteiger partial charge is 0.384 e. The maximum Gasteiger partial charge on any atom is 0.251 e. The van der Waals surface area contributed by atoms with E-state index >= 15 is 0 Å². The minimum absolute atomic E-state index is 0.0421. The van der Waals surface area contributed by atoms with Crippen LogP contribution in [-0.2, 0) is 4.79 Å². The van der Waals surface area contributed by atoms with Crippen molar-refractivity contribution in [1.82, 2.24) is 15.6 Å². The summed E-state index contributed by atoms with van der Waals surface area (Å²) < 4.78 is 0. The lowest BCUT2D eigenvalue weighted by Crippen LogP contribution is -2.36. The van der Waals surface area contributed by atoms with Crippen LogP contribution in [0.5, 0.6) is 0 Å². The first-order valence-electron chi connectivity index (χ1n) is 4.94. The topological polar surface area (TPSA) is 97.1 Å². The lowest BCUT2D eigenvalue weighted by atomic mass is 10.2. The maximum atomic E-state index is 11.7. The Balaban J connectivity index is 2.00. The van der Waals surface area contributed by atoms with Crippen molar-refractivity contribution in [3.05, 3.63) is 23.9 Å². The average molecular weight is 220 g/mol. The van der Waals surface area contributed by atoms with Crippen LogP contribution in [0.15, 0.2) is 18.3 Å². The smallest absolute Gasteiger partial charge is 0.251 e. The predicted molar refractivity (Wildman–Crippen MR) is 57.5 cm³/mol. The second-order valence-electron chi connectivity index (χ2n) is 3.65. The van der Waals surface area contributed by atoms with Crippen molar-refractivity contribution in [3.63, 3.8) is 0 Å². The van der Waals surface area contributed by atoms with Crippen LogP contribution in [0.25, 0.3) is 0 Å². The minimum Gasteiger partial charge on any atom is -0.384 e. The fourth-order valence-corrected chi connectivity index (χ4v) is 1.57. The van der Waals surface area contributed by atoms with Crippen LogP contribution in [0.2, 0.25) is 0 Å². The fraction of sp³-hybridized carbons (Fsp3) is 0.300. The molecule has 0 radical (unpaired) electrons. The second-order valence-corrected chi connectivity index (χ2v) is 3.65. The Morgan fingerprint density at radius 2 is 2.44 bits per heavy atom. The molecule has 1 fully saturated rings. The first-order valence-corrected chi connectivity index (χ1v) is 4.94. The molecule has 0 aromatic carbocycles. The molecule has 1 atom stereocenters. The monoisotopic (exact) mass is 220 g/mol. The van der Waals surface area contributed by atoms with Crippen molar-refractivity contribution < 1.29 is 9.59 Å². The Kier molecular flexibility index (Phi) is 2.72. The molecule has 1 unspecified atom stereocenters. The van der Waals surface area contributed by atoms with E-state index in [0.29, 0.717) is 24.3 Å². The lowest BCUT2D eigenvalue weighted by molar-refractivity contribution is -0.119. The first-order chi connectivity index (χ1) is 7.65. The minimum atomic E-state index is -0.240. The Bertz CT molecular complexity index is 433. The van der Waals surface area contributed by atoms with Crippen molar-refractivity contribution in [3.8, 4) is 0 Å². The average Bonchev–Trinajstić information content (AvgIpc) is 2.64. The van der Waals surface area contributed by atoms with E-state index in [9.17, 15) is 9.59 Å². The molecule has 2 amide bonds. The third-order valence-corrected chi connectivity index (χ3v) is 2.36. The van der Waals surface area contributed by atoms with Gasteiger partial charge in [0.05, 0.1) is 6.04 Å². The van der Waals surface area contributed by atoms with Gasteiger partial charge in [0.25, 0.3) is 5.91 Å². The zero-order valence-corrected chi connectivity index (χ0v) is 8.56. The van der Waals surface area contributed by atoms with Crippen LogP contribution in [0.4, 0.5) is 5.82 Å². The van der Waals surface area contributed by atoms with Gasteiger partial charge in [-0.05, 0) is 12.1 Å². The highest BCUT2D eigenvalue weighted by molar-refractivity contribution is 5.95. The summed E-state index contributed by atoms with van der Waals surface area (Å²) in [5.41, 5.74) is 5.92. The molecule has 0 aliphatic carbocycles. The summed E-state index contributed by atoms with van der Waals surface area (Å²) >= 11 is 0. The van der Waals surface area contributed by atoms with Crippen molar-refractivity contribution in [2.75, 3.05) is 12.3 Å². The third-order valence-electron chi connectivity index (χ3n) is 2.36. The van der Waals surface area contributed by atoms with Crippen LogP contribution >= 0.6 is 0 Å². The zero-order chi connectivity index (χ0) is 11.5. The van der Waals surface area contributed by atoms with E-state index in [2.05, 4.69) is 15.6 Å². The number of aromatic nitrogens is 1. The summed E-state index contributed by atoms with van der Waals surface area (Å²) in [5, 5.41) is 5.39. The van der Waals surface area contributed by atoms with E-state index in [1.165, 1.54) is 12.3 Å². The van der Waals surface area contributed by atoms with Crippen LogP contribution < -0.4 is 16.4 Å². The molecule has 1 aliphatic heterocycles. The molecule has 84 valence electrons. The van der Waals surface area contributed by atoms with Crippen molar-refractivity contribution in [2.45, 2.75) is 12.5 Å². The zero-order valence-electron chi connectivity index (χ0n) is 8.56. The number of rotatable bonds is 2. The molecule has 2 rings (SSSR count). The molecule has 6 heteroatoms. The second kappa shape index (κ2) is 4.18. The van der Waals surface area contributed by atoms with E-state index < -0.39 is 0 Å². The molecule has 0 bridgehead atoms. The lowest BCUT2D eigenvalue weighted by Gasteiger charge is -2.10. The van der Waals surface area contributed by atoms with E-state index in [0.717, 1.165) is 0 Å². The summed E-state index contributed by atoms with van der Waals surface area (Å²) in [7, 11) is 0. The summed E-state index contributed by atoms with van der Waals surface area (Å²) in [5.74, 6) is 0.0171. The van der Waals surface area contributed by atoms with Crippen molar-refractivity contribution >= 4 is 17.6 Å². The van der Waals surface area contributed by atoms with E-state index in [-0.39, 0.29) is 17.9 Å². The highest BCUT2D eigenvalue weighted by Crippen LogP contribution is 2.05. The Morgan fingerprint density at radius 1 is 1.62 bits per heavy atom. The molecule has 2 heterocycles. The molecule has 6 nitrogen and oxygen atoms in total. The van der Waals surface area contributed by atoms with Gasteiger partial charge in [-0.3, -0.25) is 9.59 Å². The number of anilines is 1. The number of amides is 2. The fourth-order valence-electron chi connectivity index (χ4n) is 1.57. The molecular weight excluding hydrogens is 208 g/mol. The Labute approximate surface area is 92.2 Å². The van der Waals surface area contributed by atoms with Gasteiger partial charge in [-0.15, -0.1) is 0 Å². The van der Waals surface area contributed by atoms with Gasteiger partial charge in [-0.2, -0.15) is 0 Å². The summed E-state index contributed by atoms with van der Waals surface area (Å²) in [4.78, 5) is 26.5. The normalized spacial score (nSPS) is 19.2. The number of carbonyl (C=O) groups excluding carboxylic acids is 2. The molecule has 1 aromatic rings. The number of hydrogen-bond donors (Lipinski definition) is 3. The highest BCUT2D eigenvalue weighted by atomic mass is 16.2. The quantitative estimate of drug-likeness (QED) is 0.612. The van der Waals surface area contributed by atoms with Crippen molar-refractivity contribution in [1.29, 1.82) is 0 Å². The van der Waals surface area contributed by atoms with Crippen LogP contribution in [-0.4, -0.2) is 29.4 Å². The van der Waals surface area contributed by atoms with Crippen LogP contribution in [0.3, 0.4) is 0 Å². The first kappa shape index (κ1) is 10.4. The number of hydrogen-bond acceptors (Lipinski definition) is 4. The van der Waals surface area contributed by atoms with Gasteiger partial charge in [0.1, 0.15) is 5.82 Å². The van der Waals surface area contributed by atoms with Gasteiger partial charge >= 0.3 is 0 Å². The number of nitrogens with two attached hydrogens (primary N) is 1. The maximum absolute atomic E-state index is 11.7. The number of nitrogen functional groups attached to an aromatic ring is 1. The molecule has 16 heavy (non-hydrogen) atoms. The van der Waals surface area contributed by atoms with Crippen molar-refractivity contribution in [2.24, 2.45) is 0 Å². The van der Waals surface area contributed by atoms with Crippen LogP contribution in [0, 0.1) is 0 Å². The van der Waals surface area contributed by atoms with Gasteiger partial charge in [0.15, 0.2) is 0 Å². The molecular formula is C10H12N4O2. The third kappa shape index (κ3) is 2.28. The number of nitrogens with zero attached hydrogens (tertiary/aromatic N) is 1. The molecule has 4 N–H and O–H groups in total.